The number of hydrogen-bond donors (Lipinski definition) is 2. The van der Waals surface area contributed by atoms with Gasteiger partial charge in [0, 0.05) is 25.2 Å². The molecule has 2 N–H and O–H groups in total. The minimum Gasteiger partial charge on any atom is -0.393 e. The van der Waals surface area contributed by atoms with Crippen molar-refractivity contribution in [3.63, 3.8) is 0 Å². The highest BCUT2D eigenvalue weighted by Gasteiger charge is 2.23. The Hall–Kier alpha value is -2.54. The number of rotatable bonds is 4. The number of nitrogens with zero attached hydrogens (tertiary/aromatic N) is 3. The summed E-state index contributed by atoms with van der Waals surface area (Å²) < 4.78 is 14.4. The van der Waals surface area contributed by atoms with E-state index in [1.54, 1.807) is 12.4 Å². The first kappa shape index (κ1) is 19.8. The van der Waals surface area contributed by atoms with Gasteiger partial charge in [-0.25, -0.2) is 9.37 Å². The van der Waals surface area contributed by atoms with Crippen molar-refractivity contribution >= 4 is 17.3 Å². The lowest BCUT2D eigenvalue weighted by Crippen LogP contribution is -2.36. The van der Waals surface area contributed by atoms with Crippen LogP contribution in [-0.4, -0.2) is 40.2 Å². The Morgan fingerprint density at radius 3 is 2.62 bits per heavy atom. The fourth-order valence-corrected chi connectivity index (χ4v) is 4.30. The Balaban J connectivity index is 1.53. The average Bonchev–Trinajstić information content (AvgIpc) is 2.76. The van der Waals surface area contributed by atoms with Crippen molar-refractivity contribution in [2.24, 2.45) is 0 Å². The molecule has 2 aliphatic rings. The molecule has 0 unspecified atom stereocenters. The van der Waals surface area contributed by atoms with E-state index in [-0.39, 0.29) is 29.4 Å². The molecular formula is C22H27FN4O2. The molecule has 6 nitrogen and oxygen atoms in total. The summed E-state index contributed by atoms with van der Waals surface area (Å²) in [4.78, 5) is 23.5. The van der Waals surface area contributed by atoms with E-state index in [0.29, 0.717) is 37.3 Å². The SMILES string of the molecule is O=C(Nc1cnccc1N1CCC(O)CC1)c1ccc(F)c(C2CCCCC2)n1. The minimum absolute atomic E-state index is 0.0882. The molecule has 154 valence electrons. The van der Waals surface area contributed by atoms with Crippen LogP contribution in [0.1, 0.15) is 67.0 Å². The molecule has 3 heterocycles. The number of aromatic nitrogens is 2. The van der Waals surface area contributed by atoms with E-state index in [4.69, 9.17) is 0 Å². The molecule has 0 spiro atoms. The number of anilines is 2. The van der Waals surface area contributed by atoms with Crippen LogP contribution in [0.25, 0.3) is 0 Å². The van der Waals surface area contributed by atoms with Crippen LogP contribution in [0.3, 0.4) is 0 Å². The van der Waals surface area contributed by atoms with Gasteiger partial charge < -0.3 is 15.3 Å². The number of carbonyl (C=O) groups excluding carboxylic acids is 1. The number of carbonyl (C=O) groups is 1. The zero-order valence-corrected chi connectivity index (χ0v) is 16.5. The highest BCUT2D eigenvalue weighted by Crippen LogP contribution is 2.33. The van der Waals surface area contributed by atoms with Crippen molar-refractivity contribution in [1.82, 2.24) is 9.97 Å². The molecule has 0 aromatic carbocycles. The van der Waals surface area contributed by atoms with Crippen molar-refractivity contribution in [3.05, 3.63) is 47.8 Å². The van der Waals surface area contributed by atoms with Crippen molar-refractivity contribution in [2.75, 3.05) is 23.3 Å². The fourth-order valence-electron chi connectivity index (χ4n) is 4.30. The van der Waals surface area contributed by atoms with Crippen molar-refractivity contribution in [1.29, 1.82) is 0 Å². The quantitative estimate of drug-likeness (QED) is 0.817. The summed E-state index contributed by atoms with van der Waals surface area (Å²) in [5.74, 6) is -0.610. The molecule has 0 bridgehead atoms. The topological polar surface area (TPSA) is 78.4 Å². The summed E-state index contributed by atoms with van der Waals surface area (Å²) in [6.07, 6.45) is 9.59. The third-order valence-corrected chi connectivity index (χ3v) is 5.95. The summed E-state index contributed by atoms with van der Waals surface area (Å²) in [5, 5.41) is 12.6. The summed E-state index contributed by atoms with van der Waals surface area (Å²) in [6.45, 7) is 1.43. The maximum atomic E-state index is 14.4. The van der Waals surface area contributed by atoms with Gasteiger partial charge in [0.25, 0.3) is 5.91 Å². The molecule has 2 aromatic heterocycles. The molecule has 2 fully saturated rings. The van der Waals surface area contributed by atoms with Crippen LogP contribution < -0.4 is 10.2 Å². The van der Waals surface area contributed by atoms with Gasteiger partial charge in [-0.15, -0.1) is 0 Å². The van der Waals surface area contributed by atoms with E-state index in [2.05, 4.69) is 20.2 Å². The normalized spacial score (nSPS) is 18.6. The van der Waals surface area contributed by atoms with Crippen LogP contribution in [0, 0.1) is 5.82 Å². The molecular weight excluding hydrogens is 371 g/mol. The Morgan fingerprint density at radius 2 is 1.86 bits per heavy atom. The lowest BCUT2D eigenvalue weighted by Gasteiger charge is -2.32. The first-order valence-electron chi connectivity index (χ1n) is 10.5. The van der Waals surface area contributed by atoms with Crippen LogP contribution in [0.15, 0.2) is 30.6 Å². The Morgan fingerprint density at radius 1 is 1.10 bits per heavy atom. The smallest absolute Gasteiger partial charge is 0.274 e. The monoisotopic (exact) mass is 398 g/mol. The third kappa shape index (κ3) is 4.56. The summed E-state index contributed by atoms with van der Waals surface area (Å²) in [7, 11) is 0. The van der Waals surface area contributed by atoms with E-state index in [9.17, 15) is 14.3 Å². The highest BCUT2D eigenvalue weighted by molar-refractivity contribution is 6.04. The largest absolute Gasteiger partial charge is 0.393 e. The van der Waals surface area contributed by atoms with Crippen molar-refractivity contribution < 1.29 is 14.3 Å². The molecule has 29 heavy (non-hydrogen) atoms. The fraction of sp³-hybridized carbons (Fsp3) is 0.500. The first-order valence-corrected chi connectivity index (χ1v) is 10.5. The van der Waals surface area contributed by atoms with Gasteiger partial charge in [0.1, 0.15) is 11.5 Å². The Labute approximate surface area is 170 Å². The second kappa shape index (κ2) is 8.86. The van der Waals surface area contributed by atoms with Crippen molar-refractivity contribution in [2.45, 2.75) is 57.0 Å². The van der Waals surface area contributed by atoms with Gasteiger partial charge in [0.15, 0.2) is 0 Å². The Bertz CT molecular complexity index is 862. The second-order valence-electron chi connectivity index (χ2n) is 7.96. The van der Waals surface area contributed by atoms with Crippen LogP contribution in [-0.2, 0) is 0 Å². The lowest BCUT2D eigenvalue weighted by atomic mass is 9.86. The lowest BCUT2D eigenvalue weighted by molar-refractivity contribution is 0.102. The maximum absolute atomic E-state index is 14.4. The van der Waals surface area contributed by atoms with Crippen LogP contribution in [0.2, 0.25) is 0 Å². The number of pyridine rings is 2. The molecule has 1 amide bonds. The van der Waals surface area contributed by atoms with Crippen molar-refractivity contribution in [3.8, 4) is 0 Å². The van der Waals surface area contributed by atoms with Crippen LogP contribution in [0.4, 0.5) is 15.8 Å². The van der Waals surface area contributed by atoms with E-state index >= 15 is 0 Å². The number of halogens is 1. The predicted octanol–water partition coefficient (Wildman–Crippen LogP) is 3.88. The average molecular weight is 398 g/mol. The van der Waals surface area contributed by atoms with Crippen LogP contribution in [0.5, 0.6) is 0 Å². The number of aliphatic hydroxyl groups is 1. The molecule has 0 atom stereocenters. The second-order valence-corrected chi connectivity index (χ2v) is 7.96. The number of nitrogens with one attached hydrogen (secondary N) is 1. The standard InChI is InChI=1S/C22H27FN4O2/c23-17-6-7-18(25-21(17)15-4-2-1-3-5-15)22(29)26-19-14-24-11-8-20(19)27-12-9-16(28)10-13-27/h6-8,11,14-16,28H,1-5,9-10,12-13H2,(H,26,29). The Kier molecular flexibility index (Phi) is 6.04. The number of amides is 1. The number of hydrogen-bond acceptors (Lipinski definition) is 5. The number of aliphatic hydroxyl groups excluding tert-OH is 1. The maximum Gasteiger partial charge on any atom is 0.274 e. The highest BCUT2D eigenvalue weighted by atomic mass is 19.1. The van der Waals surface area contributed by atoms with Gasteiger partial charge in [0.2, 0.25) is 0 Å². The predicted molar refractivity (Wildman–Crippen MR) is 110 cm³/mol. The van der Waals surface area contributed by atoms with Gasteiger partial charge in [-0.2, -0.15) is 0 Å². The molecule has 1 saturated carbocycles. The molecule has 1 saturated heterocycles. The van der Waals surface area contributed by atoms with Gasteiger partial charge in [-0.1, -0.05) is 19.3 Å². The molecule has 1 aliphatic heterocycles. The van der Waals surface area contributed by atoms with Gasteiger partial charge in [-0.05, 0) is 43.9 Å². The third-order valence-electron chi connectivity index (χ3n) is 5.95. The summed E-state index contributed by atoms with van der Waals surface area (Å²) in [5.41, 5.74) is 2.10. The van der Waals surface area contributed by atoms with Crippen LogP contribution >= 0.6 is 0 Å². The van der Waals surface area contributed by atoms with E-state index in [1.165, 1.54) is 18.6 Å². The van der Waals surface area contributed by atoms with E-state index in [1.807, 2.05) is 6.07 Å². The molecule has 0 radical (unpaired) electrons. The molecule has 4 rings (SSSR count). The summed E-state index contributed by atoms with van der Waals surface area (Å²) in [6, 6.07) is 4.64. The molecule has 1 aliphatic carbocycles. The first-order chi connectivity index (χ1) is 14.1. The van der Waals surface area contributed by atoms with Gasteiger partial charge >= 0.3 is 0 Å². The van der Waals surface area contributed by atoms with E-state index < -0.39 is 0 Å². The van der Waals surface area contributed by atoms with Gasteiger partial charge in [0.05, 0.1) is 29.4 Å². The molecule has 7 heteroatoms. The number of piperidine rings is 1. The zero-order valence-electron chi connectivity index (χ0n) is 16.5. The summed E-state index contributed by atoms with van der Waals surface area (Å²) >= 11 is 0. The van der Waals surface area contributed by atoms with E-state index in [0.717, 1.165) is 31.4 Å². The van der Waals surface area contributed by atoms with Gasteiger partial charge in [-0.3, -0.25) is 9.78 Å². The molecule has 2 aromatic rings. The zero-order chi connectivity index (χ0) is 20.2. The minimum atomic E-state index is -0.367.